The first-order valence-corrected chi connectivity index (χ1v) is 6.92. The van der Waals surface area contributed by atoms with Crippen LogP contribution in [0.4, 0.5) is 13.2 Å². The van der Waals surface area contributed by atoms with Crippen LogP contribution in [0.2, 0.25) is 0 Å². The Bertz CT molecular complexity index is 637. The van der Waals surface area contributed by atoms with Gasteiger partial charge in [0.25, 0.3) is 0 Å². The molecule has 1 unspecified atom stereocenters. The SMILES string of the molecule is OC(C=Cc1ccccc1)(c1ccccc1Br)C(F)(F)F. The van der Waals surface area contributed by atoms with E-state index in [2.05, 4.69) is 15.9 Å². The maximum absolute atomic E-state index is 13.4. The number of benzene rings is 2. The van der Waals surface area contributed by atoms with Gasteiger partial charge in [-0.15, -0.1) is 0 Å². The lowest BCUT2D eigenvalue weighted by molar-refractivity contribution is -0.245. The van der Waals surface area contributed by atoms with E-state index in [1.54, 1.807) is 36.4 Å². The second-order valence-electron chi connectivity index (χ2n) is 4.49. The third-order valence-electron chi connectivity index (χ3n) is 3.03. The van der Waals surface area contributed by atoms with Crippen LogP contribution in [0.3, 0.4) is 0 Å². The van der Waals surface area contributed by atoms with Crippen molar-refractivity contribution in [1.29, 1.82) is 0 Å². The molecule has 21 heavy (non-hydrogen) atoms. The van der Waals surface area contributed by atoms with Crippen molar-refractivity contribution in [1.82, 2.24) is 0 Å². The van der Waals surface area contributed by atoms with Crippen LogP contribution >= 0.6 is 15.9 Å². The Kier molecular flexibility index (Phi) is 4.54. The highest BCUT2D eigenvalue weighted by atomic mass is 79.9. The van der Waals surface area contributed by atoms with Crippen LogP contribution in [0.25, 0.3) is 6.08 Å². The Labute approximate surface area is 128 Å². The van der Waals surface area contributed by atoms with Gasteiger partial charge in [-0.2, -0.15) is 13.2 Å². The molecule has 2 aromatic rings. The minimum Gasteiger partial charge on any atom is -0.373 e. The van der Waals surface area contributed by atoms with Crippen LogP contribution in [0.15, 0.2) is 65.1 Å². The summed E-state index contributed by atoms with van der Waals surface area (Å²) in [4.78, 5) is 0. The van der Waals surface area contributed by atoms with Crippen LogP contribution in [0, 0.1) is 0 Å². The summed E-state index contributed by atoms with van der Waals surface area (Å²) >= 11 is 3.06. The van der Waals surface area contributed by atoms with Gasteiger partial charge in [-0.1, -0.05) is 70.5 Å². The Morgan fingerprint density at radius 1 is 0.905 bits per heavy atom. The molecular formula is C16H12BrF3O. The molecule has 0 radical (unpaired) electrons. The Balaban J connectivity index is 2.49. The average molecular weight is 357 g/mol. The number of hydrogen-bond acceptors (Lipinski definition) is 1. The van der Waals surface area contributed by atoms with E-state index in [1.165, 1.54) is 24.3 Å². The van der Waals surface area contributed by atoms with E-state index in [9.17, 15) is 18.3 Å². The minimum absolute atomic E-state index is 0.197. The van der Waals surface area contributed by atoms with Gasteiger partial charge in [0.15, 0.2) is 0 Å². The predicted molar refractivity (Wildman–Crippen MR) is 79.6 cm³/mol. The molecule has 0 amide bonds. The Morgan fingerprint density at radius 2 is 1.48 bits per heavy atom. The number of hydrogen-bond donors (Lipinski definition) is 1. The minimum atomic E-state index is -4.83. The molecule has 2 aromatic carbocycles. The summed E-state index contributed by atoms with van der Waals surface area (Å²) < 4.78 is 40.2. The predicted octanol–water partition coefficient (Wildman–Crippen LogP) is 4.91. The van der Waals surface area contributed by atoms with Crippen molar-refractivity contribution in [2.45, 2.75) is 11.8 Å². The molecule has 0 saturated heterocycles. The lowest BCUT2D eigenvalue weighted by atomic mass is 9.92. The molecule has 1 nitrogen and oxygen atoms in total. The molecule has 0 aliphatic carbocycles. The summed E-state index contributed by atoms with van der Waals surface area (Å²) in [6.07, 6.45) is -2.81. The van der Waals surface area contributed by atoms with Crippen LogP contribution < -0.4 is 0 Å². The molecule has 0 aliphatic rings. The zero-order chi connectivity index (χ0) is 15.5. The van der Waals surface area contributed by atoms with Crippen molar-refractivity contribution < 1.29 is 18.3 Å². The first-order valence-electron chi connectivity index (χ1n) is 6.13. The molecular weight excluding hydrogens is 345 g/mol. The van der Waals surface area contributed by atoms with Gasteiger partial charge < -0.3 is 5.11 Å². The molecule has 1 N–H and O–H groups in total. The normalized spacial score (nSPS) is 15.1. The van der Waals surface area contributed by atoms with Crippen molar-refractivity contribution >= 4 is 22.0 Å². The molecule has 5 heteroatoms. The summed E-state index contributed by atoms with van der Waals surface area (Å²) in [5.74, 6) is 0. The van der Waals surface area contributed by atoms with Gasteiger partial charge in [0.2, 0.25) is 5.60 Å². The lowest BCUT2D eigenvalue weighted by Gasteiger charge is -2.28. The van der Waals surface area contributed by atoms with Crippen molar-refractivity contribution in [3.8, 4) is 0 Å². The quantitative estimate of drug-likeness (QED) is 0.828. The van der Waals surface area contributed by atoms with E-state index < -0.39 is 11.8 Å². The van der Waals surface area contributed by atoms with Gasteiger partial charge >= 0.3 is 6.18 Å². The van der Waals surface area contributed by atoms with Crippen molar-refractivity contribution in [2.24, 2.45) is 0 Å². The second kappa shape index (κ2) is 6.03. The van der Waals surface area contributed by atoms with Gasteiger partial charge in [-0.05, 0) is 17.7 Å². The molecule has 0 aromatic heterocycles. The van der Waals surface area contributed by atoms with Gasteiger partial charge in [0.05, 0.1) is 0 Å². The third kappa shape index (κ3) is 3.36. The molecule has 0 fully saturated rings. The van der Waals surface area contributed by atoms with Crippen molar-refractivity contribution in [3.63, 3.8) is 0 Å². The smallest absolute Gasteiger partial charge is 0.373 e. The fourth-order valence-corrected chi connectivity index (χ4v) is 2.48. The fourth-order valence-electron chi connectivity index (χ4n) is 1.89. The first kappa shape index (κ1) is 15.8. The van der Waals surface area contributed by atoms with Gasteiger partial charge in [-0.3, -0.25) is 0 Å². The van der Waals surface area contributed by atoms with Crippen LogP contribution in [0.1, 0.15) is 11.1 Å². The zero-order valence-electron chi connectivity index (χ0n) is 10.8. The summed E-state index contributed by atoms with van der Waals surface area (Å²) in [5.41, 5.74) is -2.72. The number of halogens is 4. The first-order chi connectivity index (χ1) is 9.84. The second-order valence-corrected chi connectivity index (χ2v) is 5.34. The standard InChI is InChI=1S/C16H12BrF3O/c17-14-9-5-4-8-13(14)15(21,16(18,19)20)11-10-12-6-2-1-3-7-12/h1-11,21H. The zero-order valence-corrected chi connectivity index (χ0v) is 12.4. The van der Waals surface area contributed by atoms with Crippen molar-refractivity contribution in [3.05, 3.63) is 76.3 Å². The van der Waals surface area contributed by atoms with E-state index in [-0.39, 0.29) is 10.0 Å². The molecule has 0 spiro atoms. The number of alkyl halides is 3. The molecule has 0 heterocycles. The lowest BCUT2D eigenvalue weighted by Crippen LogP contribution is -2.40. The van der Waals surface area contributed by atoms with E-state index in [0.29, 0.717) is 5.56 Å². The van der Waals surface area contributed by atoms with E-state index in [1.807, 2.05) is 0 Å². The third-order valence-corrected chi connectivity index (χ3v) is 3.72. The molecule has 0 bridgehead atoms. The van der Waals surface area contributed by atoms with Crippen molar-refractivity contribution in [2.75, 3.05) is 0 Å². The number of rotatable bonds is 3. The topological polar surface area (TPSA) is 20.2 Å². The van der Waals surface area contributed by atoms with Crippen LogP contribution in [-0.4, -0.2) is 11.3 Å². The highest BCUT2D eigenvalue weighted by molar-refractivity contribution is 9.10. The monoisotopic (exact) mass is 356 g/mol. The van der Waals surface area contributed by atoms with Crippen LogP contribution in [-0.2, 0) is 5.60 Å². The average Bonchev–Trinajstić information content (AvgIpc) is 2.45. The largest absolute Gasteiger partial charge is 0.425 e. The number of aliphatic hydroxyl groups is 1. The fraction of sp³-hybridized carbons (Fsp3) is 0.125. The maximum atomic E-state index is 13.4. The van der Waals surface area contributed by atoms with Crippen LogP contribution in [0.5, 0.6) is 0 Å². The molecule has 110 valence electrons. The molecule has 0 aliphatic heterocycles. The molecule has 1 atom stereocenters. The summed E-state index contributed by atoms with van der Waals surface area (Å²) in [7, 11) is 0. The van der Waals surface area contributed by atoms with E-state index in [4.69, 9.17) is 0 Å². The summed E-state index contributed by atoms with van der Waals surface area (Å²) in [6, 6.07) is 14.3. The summed E-state index contributed by atoms with van der Waals surface area (Å²) in [5, 5.41) is 10.2. The van der Waals surface area contributed by atoms with Gasteiger partial charge in [0.1, 0.15) is 0 Å². The van der Waals surface area contributed by atoms with Gasteiger partial charge in [-0.25, -0.2) is 0 Å². The summed E-state index contributed by atoms with van der Waals surface area (Å²) in [6.45, 7) is 0. The van der Waals surface area contributed by atoms with E-state index in [0.717, 1.165) is 6.08 Å². The van der Waals surface area contributed by atoms with E-state index >= 15 is 0 Å². The molecule has 0 saturated carbocycles. The maximum Gasteiger partial charge on any atom is 0.425 e. The Morgan fingerprint density at radius 3 is 2.05 bits per heavy atom. The highest BCUT2D eigenvalue weighted by Crippen LogP contribution is 2.43. The molecule has 2 rings (SSSR count). The Hall–Kier alpha value is -1.59. The van der Waals surface area contributed by atoms with Gasteiger partial charge in [0, 0.05) is 10.0 Å². The highest BCUT2D eigenvalue weighted by Gasteiger charge is 2.53.